The molecule has 178 valence electrons. The van der Waals surface area contributed by atoms with E-state index in [-0.39, 0.29) is 45.5 Å². The number of aromatic hydroxyl groups is 2. The molecular formula is C27H25N3O5. The van der Waals surface area contributed by atoms with Gasteiger partial charge in [-0.05, 0) is 32.9 Å². The Morgan fingerprint density at radius 3 is 2.49 bits per heavy atom. The minimum atomic E-state index is -1.39. The van der Waals surface area contributed by atoms with Gasteiger partial charge in [0, 0.05) is 38.0 Å². The third-order valence-electron chi connectivity index (χ3n) is 6.66. The second-order valence-corrected chi connectivity index (χ2v) is 9.20. The van der Waals surface area contributed by atoms with E-state index in [4.69, 9.17) is 4.74 Å². The van der Waals surface area contributed by atoms with Gasteiger partial charge in [-0.25, -0.2) is 4.68 Å². The highest BCUT2D eigenvalue weighted by Gasteiger charge is 2.55. The molecule has 0 spiro atoms. The Morgan fingerprint density at radius 2 is 1.83 bits per heavy atom. The van der Waals surface area contributed by atoms with Crippen LogP contribution < -0.4 is 4.74 Å². The molecule has 1 unspecified atom stereocenters. The van der Waals surface area contributed by atoms with Crippen LogP contribution in [0.3, 0.4) is 0 Å². The first-order chi connectivity index (χ1) is 16.6. The number of ether oxygens (including phenoxy) is 1. The van der Waals surface area contributed by atoms with Crippen molar-refractivity contribution in [2.75, 3.05) is 14.1 Å². The Bertz CT molecular complexity index is 1480. The molecule has 3 aromatic rings. The summed E-state index contributed by atoms with van der Waals surface area (Å²) in [6, 6.07) is 9.42. The molecule has 2 aromatic carbocycles. The first-order valence-corrected chi connectivity index (χ1v) is 11.1. The van der Waals surface area contributed by atoms with Crippen molar-refractivity contribution in [3.63, 3.8) is 0 Å². The molecule has 35 heavy (non-hydrogen) atoms. The van der Waals surface area contributed by atoms with Crippen molar-refractivity contribution in [3.8, 4) is 22.9 Å². The highest BCUT2D eigenvalue weighted by atomic mass is 16.5. The summed E-state index contributed by atoms with van der Waals surface area (Å²) in [6.45, 7) is 4.92. The lowest BCUT2D eigenvalue weighted by atomic mass is 9.71. The Morgan fingerprint density at radius 1 is 1.14 bits per heavy atom. The number of fused-ring (bicyclic) bond motifs is 4. The predicted molar refractivity (Wildman–Crippen MR) is 130 cm³/mol. The smallest absolute Gasteiger partial charge is 0.194 e. The van der Waals surface area contributed by atoms with E-state index in [1.54, 1.807) is 49.8 Å². The maximum absolute atomic E-state index is 14.0. The van der Waals surface area contributed by atoms with Crippen LogP contribution in [0.15, 0.2) is 48.4 Å². The average Bonchev–Trinajstić information content (AvgIpc) is 3.31. The summed E-state index contributed by atoms with van der Waals surface area (Å²) in [5.74, 6) is -1.22. The molecule has 0 amide bonds. The molecule has 0 radical (unpaired) electrons. The fourth-order valence-corrected chi connectivity index (χ4v) is 4.76. The predicted octanol–water partition coefficient (Wildman–Crippen LogP) is 4.05. The van der Waals surface area contributed by atoms with Crippen LogP contribution in [-0.2, 0) is 5.41 Å². The van der Waals surface area contributed by atoms with Crippen molar-refractivity contribution in [1.82, 2.24) is 14.7 Å². The Balaban J connectivity index is 1.76. The molecule has 2 aliphatic rings. The van der Waals surface area contributed by atoms with Crippen LogP contribution in [0.5, 0.6) is 17.2 Å². The zero-order chi connectivity index (χ0) is 25.2. The number of hydrogen-bond acceptors (Lipinski definition) is 7. The van der Waals surface area contributed by atoms with Crippen LogP contribution in [0.2, 0.25) is 0 Å². The number of allylic oxidation sites excluding steroid dienone is 2. The first kappa shape index (κ1) is 22.5. The van der Waals surface area contributed by atoms with Crippen LogP contribution in [0.4, 0.5) is 0 Å². The van der Waals surface area contributed by atoms with Crippen LogP contribution in [0, 0.1) is 13.8 Å². The number of rotatable bonds is 4. The van der Waals surface area contributed by atoms with Crippen molar-refractivity contribution in [1.29, 1.82) is 0 Å². The van der Waals surface area contributed by atoms with Gasteiger partial charge in [0.15, 0.2) is 11.6 Å². The number of carbonyl (C=O) groups is 2. The third-order valence-corrected chi connectivity index (χ3v) is 6.66. The van der Waals surface area contributed by atoms with E-state index in [9.17, 15) is 19.8 Å². The van der Waals surface area contributed by atoms with Crippen molar-refractivity contribution in [2.24, 2.45) is 0 Å². The SMILES string of the molecule is Cc1nn(-c2ccccc2)c2c1C(=O)C1(C)C(=C2)Oc2c(C(=O)C=CN(C)C)c(O)c(C)c(O)c21. The van der Waals surface area contributed by atoms with Crippen LogP contribution in [0.1, 0.15) is 50.2 Å². The van der Waals surface area contributed by atoms with Gasteiger partial charge in [0.25, 0.3) is 0 Å². The number of phenolic OH excluding ortho intramolecular Hbond substituents is 2. The van der Waals surface area contributed by atoms with E-state index in [0.29, 0.717) is 17.0 Å². The molecule has 8 heteroatoms. The largest absolute Gasteiger partial charge is 0.507 e. The van der Waals surface area contributed by atoms with E-state index < -0.39 is 11.2 Å². The lowest BCUT2D eigenvalue weighted by molar-refractivity contribution is 0.0905. The van der Waals surface area contributed by atoms with E-state index in [1.165, 1.54) is 13.0 Å². The number of para-hydroxylation sites is 1. The topological polar surface area (TPSA) is 105 Å². The highest BCUT2D eigenvalue weighted by Crippen LogP contribution is 2.58. The van der Waals surface area contributed by atoms with Crippen LogP contribution in [-0.4, -0.2) is 50.6 Å². The summed E-state index contributed by atoms with van der Waals surface area (Å²) < 4.78 is 7.80. The maximum Gasteiger partial charge on any atom is 0.194 e. The van der Waals surface area contributed by atoms with Gasteiger partial charge in [-0.15, -0.1) is 0 Å². The molecule has 0 fully saturated rings. The van der Waals surface area contributed by atoms with Gasteiger partial charge in [-0.1, -0.05) is 18.2 Å². The van der Waals surface area contributed by atoms with Crippen molar-refractivity contribution in [2.45, 2.75) is 26.2 Å². The summed E-state index contributed by atoms with van der Waals surface area (Å²) in [6.07, 6.45) is 4.58. The van der Waals surface area contributed by atoms with Gasteiger partial charge >= 0.3 is 0 Å². The summed E-state index contributed by atoms with van der Waals surface area (Å²) in [4.78, 5) is 28.8. The lowest BCUT2D eigenvalue weighted by Gasteiger charge is -2.27. The molecule has 8 nitrogen and oxygen atoms in total. The monoisotopic (exact) mass is 471 g/mol. The molecule has 0 saturated heterocycles. The standard InChI is InChI=1S/C27H25N3O5/c1-14-23(32)21(18(31)11-12-29(4)5)25-22(24(14)33)27(3)19(35-25)13-17-20(26(27)34)15(2)28-30(17)16-9-7-6-8-10-16/h6-13,32-33H,1-5H3. The molecule has 0 bridgehead atoms. The van der Waals surface area contributed by atoms with Gasteiger partial charge in [-0.2, -0.15) is 5.10 Å². The summed E-state index contributed by atoms with van der Waals surface area (Å²) in [7, 11) is 3.53. The van der Waals surface area contributed by atoms with E-state index >= 15 is 0 Å². The number of carbonyl (C=O) groups excluding carboxylic acids is 2. The van der Waals surface area contributed by atoms with Crippen molar-refractivity contribution in [3.05, 3.63) is 82.0 Å². The van der Waals surface area contributed by atoms with Gasteiger partial charge in [0.1, 0.15) is 34.0 Å². The lowest BCUT2D eigenvalue weighted by Crippen LogP contribution is -2.36. The number of aromatic nitrogens is 2. The quantitative estimate of drug-likeness (QED) is 0.437. The average molecular weight is 472 g/mol. The molecule has 2 N–H and O–H groups in total. The molecule has 1 atom stereocenters. The molecule has 1 aliphatic heterocycles. The van der Waals surface area contributed by atoms with Crippen molar-refractivity contribution < 1.29 is 24.5 Å². The van der Waals surface area contributed by atoms with Gasteiger partial charge in [-0.3, -0.25) is 9.59 Å². The van der Waals surface area contributed by atoms with Gasteiger partial charge in [0.2, 0.25) is 0 Å². The summed E-state index contributed by atoms with van der Waals surface area (Å²) in [5.41, 5.74) is 1.08. The number of benzene rings is 2. The van der Waals surface area contributed by atoms with E-state index in [0.717, 1.165) is 5.69 Å². The maximum atomic E-state index is 14.0. The number of hydrogen-bond donors (Lipinski definition) is 2. The molecule has 1 aliphatic carbocycles. The van der Waals surface area contributed by atoms with Gasteiger partial charge in [0.05, 0.1) is 28.2 Å². The highest BCUT2D eigenvalue weighted by molar-refractivity contribution is 6.16. The molecule has 2 heterocycles. The minimum Gasteiger partial charge on any atom is -0.507 e. The Labute approximate surface area is 202 Å². The van der Waals surface area contributed by atoms with Crippen LogP contribution >= 0.6 is 0 Å². The number of nitrogens with zero attached hydrogens (tertiary/aromatic N) is 3. The summed E-state index contributed by atoms with van der Waals surface area (Å²) >= 11 is 0. The fraction of sp³-hybridized carbons (Fsp3) is 0.222. The summed E-state index contributed by atoms with van der Waals surface area (Å²) in [5, 5.41) is 26.5. The molecule has 5 rings (SSSR count). The minimum absolute atomic E-state index is 0.0110. The third kappa shape index (κ3) is 3.02. The van der Waals surface area contributed by atoms with E-state index in [2.05, 4.69) is 5.10 Å². The molecular weight excluding hydrogens is 446 g/mol. The molecule has 0 saturated carbocycles. The van der Waals surface area contributed by atoms with Crippen molar-refractivity contribution >= 4 is 17.6 Å². The second kappa shape index (κ2) is 7.59. The van der Waals surface area contributed by atoms with Gasteiger partial charge < -0.3 is 19.8 Å². The zero-order valence-electron chi connectivity index (χ0n) is 20.1. The first-order valence-electron chi connectivity index (χ1n) is 11.1. The second-order valence-electron chi connectivity index (χ2n) is 9.20. The number of aryl methyl sites for hydroxylation is 1. The molecule has 1 aromatic heterocycles. The fourth-order valence-electron chi connectivity index (χ4n) is 4.76. The number of ketones is 2. The van der Waals surface area contributed by atoms with E-state index in [1.807, 2.05) is 30.3 Å². The van der Waals surface area contributed by atoms with Crippen LogP contribution in [0.25, 0.3) is 11.8 Å². The zero-order valence-corrected chi connectivity index (χ0v) is 20.1. The normalized spacial score (nSPS) is 18.1. The Hall–Kier alpha value is -4.33. The number of phenols is 2. The Kier molecular flexibility index (Phi) is 4.87. The number of Topliss-reactive ketones (excluding diaryl/α,β-unsaturated/α-hetero) is 1.